The van der Waals surface area contributed by atoms with Crippen molar-refractivity contribution in [3.8, 4) is 0 Å². The molecule has 3 rings (SSSR count). The van der Waals surface area contributed by atoms with Gasteiger partial charge in [0.2, 0.25) is 5.91 Å². The number of hydrogen-bond acceptors (Lipinski definition) is 4. The fourth-order valence-corrected chi connectivity index (χ4v) is 2.76. The Morgan fingerprint density at radius 3 is 2.52 bits per heavy atom. The average Bonchev–Trinajstić information content (AvgIpc) is 3.08. The molecule has 0 bridgehead atoms. The van der Waals surface area contributed by atoms with E-state index in [1.54, 1.807) is 41.9 Å². The molecule has 0 atom stereocenters. The SMILES string of the molecule is O=C(Cc1cccc(C(=O)c2ccccc2)c1)Nc1nccs1. The molecule has 3 aromatic rings. The van der Waals surface area contributed by atoms with Crippen molar-refractivity contribution in [2.75, 3.05) is 5.32 Å². The van der Waals surface area contributed by atoms with Gasteiger partial charge in [-0.15, -0.1) is 11.3 Å². The van der Waals surface area contributed by atoms with Gasteiger partial charge in [-0.05, 0) is 11.6 Å². The maximum absolute atomic E-state index is 12.4. The number of anilines is 1. The second-order valence-corrected chi connectivity index (χ2v) is 5.85. The minimum Gasteiger partial charge on any atom is -0.302 e. The maximum atomic E-state index is 12.4. The molecule has 0 saturated heterocycles. The van der Waals surface area contributed by atoms with E-state index in [4.69, 9.17) is 0 Å². The lowest BCUT2D eigenvalue weighted by Crippen LogP contribution is -2.14. The van der Waals surface area contributed by atoms with Crippen molar-refractivity contribution in [1.29, 1.82) is 0 Å². The molecule has 0 fully saturated rings. The standard InChI is InChI=1S/C18H14N2O2S/c21-16(20-18-19-9-10-23-18)12-13-5-4-8-15(11-13)17(22)14-6-2-1-3-7-14/h1-11H,12H2,(H,19,20,21). The van der Waals surface area contributed by atoms with E-state index in [9.17, 15) is 9.59 Å². The normalized spacial score (nSPS) is 10.3. The van der Waals surface area contributed by atoms with Gasteiger partial charge in [0.05, 0.1) is 6.42 Å². The van der Waals surface area contributed by atoms with Gasteiger partial charge in [0.25, 0.3) is 0 Å². The first-order valence-electron chi connectivity index (χ1n) is 7.10. The van der Waals surface area contributed by atoms with Crippen LogP contribution < -0.4 is 5.32 Å². The number of hydrogen-bond donors (Lipinski definition) is 1. The van der Waals surface area contributed by atoms with Crippen molar-refractivity contribution >= 4 is 28.2 Å². The van der Waals surface area contributed by atoms with Gasteiger partial charge in [0.15, 0.2) is 10.9 Å². The van der Waals surface area contributed by atoms with Crippen LogP contribution in [-0.2, 0) is 11.2 Å². The summed E-state index contributed by atoms with van der Waals surface area (Å²) in [5.74, 6) is -0.197. The number of nitrogens with one attached hydrogen (secondary N) is 1. The highest BCUT2D eigenvalue weighted by Gasteiger charge is 2.11. The van der Waals surface area contributed by atoms with Crippen molar-refractivity contribution < 1.29 is 9.59 Å². The molecule has 0 unspecified atom stereocenters. The first-order chi connectivity index (χ1) is 11.2. The minimum atomic E-state index is -0.149. The van der Waals surface area contributed by atoms with Crippen molar-refractivity contribution in [2.24, 2.45) is 0 Å². The van der Waals surface area contributed by atoms with Gasteiger partial charge < -0.3 is 5.32 Å². The van der Waals surface area contributed by atoms with Crippen LogP contribution in [0.3, 0.4) is 0 Å². The molecule has 1 N–H and O–H groups in total. The molecule has 0 saturated carbocycles. The van der Waals surface area contributed by atoms with E-state index in [0.717, 1.165) is 5.56 Å². The van der Waals surface area contributed by atoms with Crippen molar-refractivity contribution in [3.05, 3.63) is 82.9 Å². The molecule has 4 nitrogen and oxygen atoms in total. The maximum Gasteiger partial charge on any atom is 0.230 e. The van der Waals surface area contributed by atoms with Crippen LogP contribution in [0.15, 0.2) is 66.2 Å². The highest BCUT2D eigenvalue weighted by molar-refractivity contribution is 7.13. The first kappa shape index (κ1) is 15.1. The molecule has 1 heterocycles. The minimum absolute atomic E-state index is 0.0484. The smallest absolute Gasteiger partial charge is 0.230 e. The lowest BCUT2D eigenvalue weighted by molar-refractivity contribution is -0.115. The number of carbonyl (C=O) groups excluding carboxylic acids is 2. The van der Waals surface area contributed by atoms with Crippen LogP contribution in [0.25, 0.3) is 0 Å². The molecule has 1 amide bonds. The lowest BCUT2D eigenvalue weighted by atomic mass is 10.0. The molecule has 2 aromatic carbocycles. The predicted octanol–water partition coefficient (Wildman–Crippen LogP) is 3.56. The third-order valence-corrected chi connectivity index (χ3v) is 3.96. The summed E-state index contributed by atoms with van der Waals surface area (Å²) in [6.07, 6.45) is 1.84. The zero-order valence-corrected chi connectivity index (χ0v) is 13.0. The molecular formula is C18H14N2O2S. The molecule has 5 heteroatoms. The second-order valence-electron chi connectivity index (χ2n) is 4.96. The van der Waals surface area contributed by atoms with Crippen molar-refractivity contribution in [2.45, 2.75) is 6.42 Å². The molecule has 0 spiro atoms. The van der Waals surface area contributed by atoms with Crippen LogP contribution in [-0.4, -0.2) is 16.7 Å². The fraction of sp³-hybridized carbons (Fsp3) is 0.0556. The zero-order chi connectivity index (χ0) is 16.1. The summed E-state index contributed by atoms with van der Waals surface area (Å²) in [5.41, 5.74) is 2.01. The molecule has 114 valence electrons. The molecular weight excluding hydrogens is 308 g/mol. The van der Waals surface area contributed by atoms with Crippen LogP contribution in [0.4, 0.5) is 5.13 Å². The van der Waals surface area contributed by atoms with Crippen LogP contribution in [0.1, 0.15) is 21.5 Å². The van der Waals surface area contributed by atoms with Crippen LogP contribution >= 0.6 is 11.3 Å². The molecule has 1 aromatic heterocycles. The number of nitrogens with zero attached hydrogens (tertiary/aromatic N) is 1. The third kappa shape index (κ3) is 3.90. The summed E-state index contributed by atoms with van der Waals surface area (Å²) in [6.45, 7) is 0. The van der Waals surface area contributed by atoms with Gasteiger partial charge >= 0.3 is 0 Å². The van der Waals surface area contributed by atoms with Crippen LogP contribution in [0, 0.1) is 0 Å². The Bertz CT molecular complexity index is 814. The van der Waals surface area contributed by atoms with Gasteiger partial charge in [-0.1, -0.05) is 48.5 Å². The van der Waals surface area contributed by atoms with E-state index >= 15 is 0 Å². The van der Waals surface area contributed by atoms with E-state index in [1.807, 2.05) is 24.3 Å². The quantitative estimate of drug-likeness (QED) is 0.731. The number of thiazole rings is 1. The summed E-state index contributed by atoms with van der Waals surface area (Å²) in [6, 6.07) is 16.3. The number of benzene rings is 2. The Kier molecular flexibility index (Phi) is 4.59. The Morgan fingerprint density at radius 2 is 1.78 bits per heavy atom. The van der Waals surface area contributed by atoms with E-state index in [-0.39, 0.29) is 18.1 Å². The Morgan fingerprint density at radius 1 is 1.00 bits per heavy atom. The molecule has 0 aliphatic rings. The molecule has 0 aliphatic carbocycles. The second kappa shape index (κ2) is 6.98. The summed E-state index contributed by atoms with van der Waals surface area (Å²) >= 11 is 1.37. The third-order valence-electron chi connectivity index (χ3n) is 3.27. The lowest BCUT2D eigenvalue weighted by Gasteiger charge is -2.05. The first-order valence-corrected chi connectivity index (χ1v) is 7.98. The monoisotopic (exact) mass is 322 g/mol. The summed E-state index contributed by atoms with van der Waals surface area (Å²) in [4.78, 5) is 28.4. The zero-order valence-electron chi connectivity index (χ0n) is 12.2. The average molecular weight is 322 g/mol. The van der Waals surface area contributed by atoms with Crippen molar-refractivity contribution in [3.63, 3.8) is 0 Å². The molecule has 0 aliphatic heterocycles. The largest absolute Gasteiger partial charge is 0.302 e. The van der Waals surface area contributed by atoms with Crippen LogP contribution in [0.5, 0.6) is 0 Å². The van der Waals surface area contributed by atoms with Crippen LogP contribution in [0.2, 0.25) is 0 Å². The number of amides is 1. The number of carbonyl (C=O) groups is 2. The highest BCUT2D eigenvalue weighted by Crippen LogP contribution is 2.14. The van der Waals surface area contributed by atoms with Gasteiger partial charge in [-0.25, -0.2) is 4.98 Å². The van der Waals surface area contributed by atoms with Gasteiger partial charge in [0, 0.05) is 22.7 Å². The summed E-state index contributed by atoms with van der Waals surface area (Å²) in [5, 5.41) is 5.11. The predicted molar refractivity (Wildman–Crippen MR) is 90.8 cm³/mol. The number of ketones is 1. The summed E-state index contributed by atoms with van der Waals surface area (Å²) < 4.78 is 0. The highest BCUT2D eigenvalue weighted by atomic mass is 32.1. The van der Waals surface area contributed by atoms with E-state index in [1.165, 1.54) is 11.3 Å². The Labute approximate surface area is 137 Å². The van der Waals surface area contributed by atoms with E-state index < -0.39 is 0 Å². The van der Waals surface area contributed by atoms with E-state index in [0.29, 0.717) is 16.3 Å². The molecule has 23 heavy (non-hydrogen) atoms. The Hall–Kier alpha value is -2.79. The number of aromatic nitrogens is 1. The van der Waals surface area contributed by atoms with Gasteiger partial charge in [-0.2, -0.15) is 0 Å². The van der Waals surface area contributed by atoms with Crippen molar-refractivity contribution in [1.82, 2.24) is 4.98 Å². The number of rotatable bonds is 5. The summed E-state index contributed by atoms with van der Waals surface area (Å²) in [7, 11) is 0. The fourth-order valence-electron chi connectivity index (χ4n) is 2.21. The van der Waals surface area contributed by atoms with Gasteiger partial charge in [0.1, 0.15) is 0 Å². The topological polar surface area (TPSA) is 59.1 Å². The van der Waals surface area contributed by atoms with Gasteiger partial charge in [-0.3, -0.25) is 9.59 Å². The molecule has 0 radical (unpaired) electrons. The van der Waals surface area contributed by atoms with E-state index in [2.05, 4.69) is 10.3 Å². The Balaban J connectivity index is 1.72.